The quantitative estimate of drug-likeness (QED) is 0.811. The van der Waals surface area contributed by atoms with E-state index < -0.39 is 6.03 Å². The summed E-state index contributed by atoms with van der Waals surface area (Å²) < 4.78 is 5.42. The molecule has 0 spiro atoms. The number of hydrogen-bond acceptors (Lipinski definition) is 5. The van der Waals surface area contributed by atoms with Crippen molar-refractivity contribution >= 4 is 29.3 Å². The zero-order valence-electron chi connectivity index (χ0n) is 11.1. The maximum Gasteiger partial charge on any atom is 0.327 e. The van der Waals surface area contributed by atoms with Crippen LogP contribution in [0.5, 0.6) is 0 Å². The third-order valence-corrected chi connectivity index (χ3v) is 3.34. The fourth-order valence-electron chi connectivity index (χ4n) is 2.15. The van der Waals surface area contributed by atoms with Gasteiger partial charge in [0.05, 0.1) is 6.04 Å². The van der Waals surface area contributed by atoms with Gasteiger partial charge in [0, 0.05) is 10.7 Å². The maximum absolute atomic E-state index is 11.8. The minimum atomic E-state index is -0.466. The van der Waals surface area contributed by atoms with Crippen molar-refractivity contribution in [2.45, 2.75) is 18.9 Å². The Labute approximate surface area is 126 Å². The lowest BCUT2D eigenvalue weighted by Gasteiger charge is -2.05. The number of benzene rings is 1. The van der Waals surface area contributed by atoms with Gasteiger partial charge in [-0.3, -0.25) is 5.32 Å². The van der Waals surface area contributed by atoms with Gasteiger partial charge in [0.1, 0.15) is 0 Å². The summed E-state index contributed by atoms with van der Waals surface area (Å²) in [5.74, 6) is 0.491. The zero-order chi connectivity index (χ0) is 14.7. The van der Waals surface area contributed by atoms with E-state index in [2.05, 4.69) is 26.1 Å². The third-order valence-electron chi connectivity index (χ3n) is 3.10. The standard InChI is InChI=1S/C13H14ClN5O2/c14-8-3-1-4-9(7-8)16-12(20)17-13-19-18-11(21-13)10-5-2-6-15-10/h1,3-4,7,10,15H,2,5-6H2,(H2,16,17,19,20). The Morgan fingerprint density at radius 3 is 3.05 bits per heavy atom. The number of rotatable bonds is 3. The number of urea groups is 1. The van der Waals surface area contributed by atoms with Crippen LogP contribution in [0.2, 0.25) is 5.02 Å². The smallest absolute Gasteiger partial charge is 0.327 e. The monoisotopic (exact) mass is 307 g/mol. The van der Waals surface area contributed by atoms with E-state index in [-0.39, 0.29) is 12.1 Å². The molecule has 0 bridgehead atoms. The largest absolute Gasteiger partial charge is 0.406 e. The number of carbonyl (C=O) groups excluding carboxylic acids is 1. The predicted molar refractivity (Wildman–Crippen MR) is 78.4 cm³/mol. The lowest BCUT2D eigenvalue weighted by Crippen LogP contribution is -2.19. The molecule has 3 N–H and O–H groups in total. The number of aromatic nitrogens is 2. The van der Waals surface area contributed by atoms with Crippen LogP contribution in [0, 0.1) is 0 Å². The van der Waals surface area contributed by atoms with E-state index >= 15 is 0 Å². The van der Waals surface area contributed by atoms with Crippen molar-refractivity contribution in [2.24, 2.45) is 0 Å². The predicted octanol–water partition coefficient (Wildman–Crippen LogP) is 2.79. The average Bonchev–Trinajstić information content (AvgIpc) is 3.08. The molecule has 0 radical (unpaired) electrons. The molecule has 2 heterocycles. The molecule has 110 valence electrons. The second kappa shape index (κ2) is 6.11. The van der Waals surface area contributed by atoms with Gasteiger partial charge in [0.25, 0.3) is 0 Å². The lowest BCUT2D eigenvalue weighted by atomic mass is 10.2. The number of anilines is 2. The number of nitrogens with zero attached hydrogens (tertiary/aromatic N) is 2. The van der Waals surface area contributed by atoms with Crippen molar-refractivity contribution in [1.29, 1.82) is 0 Å². The van der Waals surface area contributed by atoms with Crippen LogP contribution in [0.25, 0.3) is 0 Å². The van der Waals surface area contributed by atoms with E-state index in [0.717, 1.165) is 19.4 Å². The van der Waals surface area contributed by atoms with E-state index in [0.29, 0.717) is 16.6 Å². The van der Waals surface area contributed by atoms with Gasteiger partial charge in [-0.1, -0.05) is 22.8 Å². The molecule has 0 saturated carbocycles. The Hall–Kier alpha value is -2.12. The summed E-state index contributed by atoms with van der Waals surface area (Å²) >= 11 is 5.84. The van der Waals surface area contributed by atoms with E-state index in [1.807, 2.05) is 0 Å². The van der Waals surface area contributed by atoms with Gasteiger partial charge in [-0.25, -0.2) is 4.79 Å². The number of halogens is 1. The molecule has 1 atom stereocenters. The molecule has 1 aromatic heterocycles. The fourth-order valence-corrected chi connectivity index (χ4v) is 2.34. The second-order valence-electron chi connectivity index (χ2n) is 4.68. The van der Waals surface area contributed by atoms with E-state index in [1.54, 1.807) is 24.3 Å². The Balaban J connectivity index is 1.59. The van der Waals surface area contributed by atoms with Crippen LogP contribution in [0.15, 0.2) is 28.7 Å². The molecule has 8 heteroatoms. The Morgan fingerprint density at radius 1 is 1.38 bits per heavy atom. The minimum absolute atomic E-state index is 0.0678. The molecular formula is C13H14ClN5O2. The molecule has 0 aliphatic carbocycles. The first kappa shape index (κ1) is 13.8. The number of amides is 2. The molecule has 2 aromatic rings. The summed E-state index contributed by atoms with van der Waals surface area (Å²) in [4.78, 5) is 11.8. The van der Waals surface area contributed by atoms with Gasteiger partial charge in [-0.15, -0.1) is 5.10 Å². The van der Waals surface area contributed by atoms with Crippen LogP contribution in [0.3, 0.4) is 0 Å². The van der Waals surface area contributed by atoms with Crippen LogP contribution in [0.4, 0.5) is 16.5 Å². The molecular weight excluding hydrogens is 294 g/mol. The third kappa shape index (κ3) is 3.50. The van der Waals surface area contributed by atoms with Gasteiger partial charge in [0.15, 0.2) is 0 Å². The molecule has 1 aliphatic heterocycles. The van der Waals surface area contributed by atoms with Gasteiger partial charge in [-0.05, 0) is 37.6 Å². The van der Waals surface area contributed by atoms with E-state index in [4.69, 9.17) is 16.0 Å². The first-order valence-electron chi connectivity index (χ1n) is 6.61. The second-order valence-corrected chi connectivity index (χ2v) is 5.12. The summed E-state index contributed by atoms with van der Waals surface area (Å²) in [5, 5.41) is 16.6. The van der Waals surface area contributed by atoms with Crippen LogP contribution in [0.1, 0.15) is 24.8 Å². The summed E-state index contributed by atoms with van der Waals surface area (Å²) in [5.41, 5.74) is 0.581. The van der Waals surface area contributed by atoms with Gasteiger partial charge >= 0.3 is 12.0 Å². The van der Waals surface area contributed by atoms with Crippen LogP contribution >= 0.6 is 11.6 Å². The van der Waals surface area contributed by atoms with Gasteiger partial charge < -0.3 is 15.1 Å². The molecule has 1 aromatic carbocycles. The van der Waals surface area contributed by atoms with Gasteiger partial charge in [0.2, 0.25) is 5.89 Å². The Morgan fingerprint density at radius 2 is 2.29 bits per heavy atom. The number of hydrogen-bond donors (Lipinski definition) is 3. The van der Waals surface area contributed by atoms with Crippen molar-refractivity contribution < 1.29 is 9.21 Å². The average molecular weight is 308 g/mol. The SMILES string of the molecule is O=C(Nc1cccc(Cl)c1)Nc1nnc(C2CCCN2)o1. The first-order valence-corrected chi connectivity index (χ1v) is 6.99. The van der Waals surface area contributed by atoms with Crippen molar-refractivity contribution in [3.8, 4) is 0 Å². The molecule has 1 aliphatic rings. The van der Waals surface area contributed by atoms with Crippen molar-refractivity contribution in [1.82, 2.24) is 15.5 Å². The molecule has 1 fully saturated rings. The summed E-state index contributed by atoms with van der Waals surface area (Å²) in [7, 11) is 0. The molecule has 1 saturated heterocycles. The maximum atomic E-state index is 11.8. The van der Waals surface area contributed by atoms with Crippen LogP contribution in [-0.2, 0) is 0 Å². The summed E-state index contributed by atoms with van der Waals surface area (Å²) in [6.07, 6.45) is 2.03. The fraction of sp³-hybridized carbons (Fsp3) is 0.308. The summed E-state index contributed by atoms with van der Waals surface area (Å²) in [6, 6.07) is 6.52. The van der Waals surface area contributed by atoms with Crippen molar-refractivity contribution in [2.75, 3.05) is 17.2 Å². The van der Waals surface area contributed by atoms with Gasteiger partial charge in [-0.2, -0.15) is 0 Å². The van der Waals surface area contributed by atoms with Crippen LogP contribution < -0.4 is 16.0 Å². The summed E-state index contributed by atoms with van der Waals surface area (Å²) in [6.45, 7) is 0.936. The first-order chi connectivity index (χ1) is 10.2. The van der Waals surface area contributed by atoms with Crippen LogP contribution in [-0.4, -0.2) is 22.8 Å². The highest BCUT2D eigenvalue weighted by Gasteiger charge is 2.22. The molecule has 2 amide bonds. The topological polar surface area (TPSA) is 92.1 Å². The highest BCUT2D eigenvalue weighted by molar-refractivity contribution is 6.30. The molecule has 1 unspecified atom stereocenters. The molecule has 7 nitrogen and oxygen atoms in total. The van der Waals surface area contributed by atoms with E-state index in [9.17, 15) is 4.79 Å². The normalized spacial score (nSPS) is 17.7. The Kier molecular flexibility index (Phi) is 4.03. The number of carbonyl (C=O) groups is 1. The lowest BCUT2D eigenvalue weighted by molar-refractivity contribution is 0.261. The van der Waals surface area contributed by atoms with E-state index in [1.165, 1.54) is 0 Å². The number of nitrogens with one attached hydrogen (secondary N) is 3. The minimum Gasteiger partial charge on any atom is -0.406 e. The molecule has 3 rings (SSSR count). The van der Waals surface area contributed by atoms with Crippen molar-refractivity contribution in [3.05, 3.63) is 35.2 Å². The Bertz CT molecular complexity index is 639. The molecule has 21 heavy (non-hydrogen) atoms. The zero-order valence-corrected chi connectivity index (χ0v) is 11.9. The van der Waals surface area contributed by atoms with Crippen molar-refractivity contribution in [3.63, 3.8) is 0 Å². The highest BCUT2D eigenvalue weighted by Crippen LogP contribution is 2.23. The highest BCUT2D eigenvalue weighted by atomic mass is 35.5.